The van der Waals surface area contributed by atoms with E-state index in [4.69, 9.17) is 11.6 Å². The van der Waals surface area contributed by atoms with E-state index < -0.39 is 6.10 Å². The molecule has 1 nitrogen and oxygen atoms in total. The van der Waals surface area contributed by atoms with Crippen LogP contribution in [0, 0.1) is 11.7 Å². The highest BCUT2D eigenvalue weighted by Gasteiger charge is 2.23. The number of aliphatic hydroxyl groups excluding tert-OH is 1. The molecule has 1 atom stereocenters. The van der Waals surface area contributed by atoms with Crippen molar-refractivity contribution in [1.29, 1.82) is 0 Å². The van der Waals surface area contributed by atoms with Gasteiger partial charge in [0.25, 0.3) is 0 Å². The van der Waals surface area contributed by atoms with Crippen molar-refractivity contribution in [3.63, 3.8) is 0 Å². The second-order valence-corrected chi connectivity index (χ2v) is 4.65. The van der Waals surface area contributed by atoms with Crippen LogP contribution >= 0.6 is 11.6 Å². The molecule has 1 aliphatic carbocycles. The molecule has 1 aliphatic rings. The number of benzene rings is 1. The number of hydrogen-bond donors (Lipinski definition) is 1. The average molecular weight is 229 g/mol. The fraction of sp³-hybridized carbons (Fsp3) is 0.500. The molecule has 0 radical (unpaired) electrons. The summed E-state index contributed by atoms with van der Waals surface area (Å²) in [5, 5.41) is 10.3. The maximum atomic E-state index is 13.4. The van der Waals surface area contributed by atoms with Crippen LogP contribution in [-0.2, 0) is 0 Å². The monoisotopic (exact) mass is 228 g/mol. The summed E-state index contributed by atoms with van der Waals surface area (Å²) >= 11 is 5.77. The lowest BCUT2D eigenvalue weighted by Gasteiger charge is -2.27. The third-order valence-corrected chi connectivity index (χ3v) is 3.33. The smallest absolute Gasteiger partial charge is 0.129 e. The molecule has 1 aromatic carbocycles. The van der Waals surface area contributed by atoms with E-state index in [1.807, 2.05) is 0 Å². The third kappa shape index (κ3) is 2.50. The van der Waals surface area contributed by atoms with Gasteiger partial charge in [-0.15, -0.1) is 0 Å². The molecule has 15 heavy (non-hydrogen) atoms. The lowest BCUT2D eigenvalue weighted by Crippen LogP contribution is -2.15. The Labute approximate surface area is 93.9 Å². The van der Waals surface area contributed by atoms with Crippen molar-refractivity contribution in [1.82, 2.24) is 0 Å². The van der Waals surface area contributed by atoms with Gasteiger partial charge in [0, 0.05) is 10.6 Å². The van der Waals surface area contributed by atoms with Crippen LogP contribution in [-0.4, -0.2) is 5.11 Å². The normalized spacial score (nSPS) is 18.6. The molecule has 1 saturated carbocycles. The van der Waals surface area contributed by atoms with Gasteiger partial charge in [0.15, 0.2) is 0 Å². The van der Waals surface area contributed by atoms with Crippen LogP contribution in [0.1, 0.15) is 37.4 Å². The number of aliphatic hydroxyl groups is 1. The summed E-state index contributed by atoms with van der Waals surface area (Å²) in [6, 6.07) is 4.32. The zero-order chi connectivity index (χ0) is 10.8. The zero-order valence-electron chi connectivity index (χ0n) is 8.42. The topological polar surface area (TPSA) is 20.2 Å². The van der Waals surface area contributed by atoms with Crippen molar-refractivity contribution in [3.05, 3.63) is 34.6 Å². The van der Waals surface area contributed by atoms with Gasteiger partial charge in [0.2, 0.25) is 0 Å². The van der Waals surface area contributed by atoms with Crippen LogP contribution in [0.25, 0.3) is 0 Å². The molecular weight excluding hydrogens is 215 g/mol. The minimum absolute atomic E-state index is 0.328. The SMILES string of the molecule is OC(CC1CCC1)c1cc(Cl)ccc1F. The summed E-state index contributed by atoms with van der Waals surface area (Å²) < 4.78 is 13.4. The fourth-order valence-electron chi connectivity index (χ4n) is 1.94. The molecule has 82 valence electrons. The van der Waals surface area contributed by atoms with Crippen molar-refractivity contribution in [2.24, 2.45) is 5.92 Å². The maximum Gasteiger partial charge on any atom is 0.129 e. The Balaban J connectivity index is 2.09. The highest BCUT2D eigenvalue weighted by molar-refractivity contribution is 6.30. The van der Waals surface area contributed by atoms with Gasteiger partial charge < -0.3 is 5.11 Å². The fourth-order valence-corrected chi connectivity index (χ4v) is 2.12. The lowest BCUT2D eigenvalue weighted by atomic mass is 9.80. The molecule has 1 aromatic rings. The van der Waals surface area contributed by atoms with E-state index in [9.17, 15) is 9.50 Å². The maximum absolute atomic E-state index is 13.4. The first-order valence-electron chi connectivity index (χ1n) is 5.30. The Bertz CT molecular complexity index is 349. The molecule has 0 aromatic heterocycles. The van der Waals surface area contributed by atoms with E-state index in [1.54, 1.807) is 0 Å². The van der Waals surface area contributed by atoms with Gasteiger partial charge in [-0.05, 0) is 30.5 Å². The highest BCUT2D eigenvalue weighted by atomic mass is 35.5. The number of halogens is 2. The minimum atomic E-state index is -0.714. The van der Waals surface area contributed by atoms with Gasteiger partial charge in [-0.25, -0.2) is 4.39 Å². The van der Waals surface area contributed by atoms with Gasteiger partial charge >= 0.3 is 0 Å². The molecule has 2 rings (SSSR count). The largest absolute Gasteiger partial charge is 0.388 e. The molecule has 0 spiro atoms. The van der Waals surface area contributed by atoms with E-state index in [1.165, 1.54) is 24.6 Å². The van der Waals surface area contributed by atoms with Gasteiger partial charge in [-0.1, -0.05) is 30.9 Å². The van der Waals surface area contributed by atoms with Crippen LogP contribution in [0.5, 0.6) is 0 Å². The predicted molar refractivity (Wildman–Crippen MR) is 58.3 cm³/mol. The van der Waals surface area contributed by atoms with Crippen LogP contribution in [0.4, 0.5) is 4.39 Å². The molecular formula is C12H14ClFO. The predicted octanol–water partition coefficient (Wildman–Crippen LogP) is 3.70. The van der Waals surface area contributed by atoms with E-state index in [0.29, 0.717) is 22.9 Å². The average Bonchev–Trinajstić information content (AvgIpc) is 2.15. The van der Waals surface area contributed by atoms with Crippen molar-refractivity contribution < 1.29 is 9.50 Å². The van der Waals surface area contributed by atoms with Gasteiger partial charge in [0.1, 0.15) is 5.82 Å². The van der Waals surface area contributed by atoms with Crippen molar-refractivity contribution in [3.8, 4) is 0 Å². The zero-order valence-corrected chi connectivity index (χ0v) is 9.17. The third-order valence-electron chi connectivity index (χ3n) is 3.10. The summed E-state index contributed by atoms with van der Waals surface area (Å²) in [4.78, 5) is 0. The highest BCUT2D eigenvalue weighted by Crippen LogP contribution is 2.35. The van der Waals surface area contributed by atoms with Crippen LogP contribution in [0.3, 0.4) is 0 Å². The molecule has 1 fully saturated rings. The Hall–Kier alpha value is -0.600. The standard InChI is InChI=1S/C12H14ClFO/c13-9-4-5-11(14)10(7-9)12(15)6-8-2-1-3-8/h4-5,7-8,12,15H,1-3,6H2. The second kappa shape index (κ2) is 4.50. The molecule has 0 aliphatic heterocycles. The van der Waals surface area contributed by atoms with E-state index in [2.05, 4.69) is 0 Å². The quantitative estimate of drug-likeness (QED) is 0.837. The van der Waals surface area contributed by atoms with Gasteiger partial charge in [0.05, 0.1) is 6.10 Å². The van der Waals surface area contributed by atoms with E-state index in [0.717, 1.165) is 12.8 Å². The minimum Gasteiger partial charge on any atom is -0.388 e. The second-order valence-electron chi connectivity index (χ2n) is 4.21. The summed E-state index contributed by atoms with van der Waals surface area (Å²) in [6.45, 7) is 0. The summed E-state index contributed by atoms with van der Waals surface area (Å²) in [7, 11) is 0. The molecule has 0 bridgehead atoms. The molecule has 1 N–H and O–H groups in total. The van der Waals surface area contributed by atoms with Crippen LogP contribution < -0.4 is 0 Å². The first-order valence-corrected chi connectivity index (χ1v) is 5.67. The van der Waals surface area contributed by atoms with Crippen molar-refractivity contribution in [2.75, 3.05) is 0 Å². The Morgan fingerprint density at radius 1 is 1.47 bits per heavy atom. The molecule has 0 amide bonds. The molecule has 1 unspecified atom stereocenters. The first kappa shape index (κ1) is 10.9. The molecule has 3 heteroatoms. The van der Waals surface area contributed by atoms with Gasteiger partial charge in [-0.2, -0.15) is 0 Å². The summed E-state index contributed by atoms with van der Waals surface area (Å²) in [5.41, 5.74) is 0.328. The summed E-state index contributed by atoms with van der Waals surface area (Å²) in [5.74, 6) is 0.185. The molecule has 0 saturated heterocycles. The van der Waals surface area contributed by atoms with Crippen LogP contribution in [0.15, 0.2) is 18.2 Å². The Morgan fingerprint density at radius 2 is 2.20 bits per heavy atom. The summed E-state index contributed by atoms with van der Waals surface area (Å²) in [6.07, 6.45) is 3.47. The first-order chi connectivity index (χ1) is 7.16. The Morgan fingerprint density at radius 3 is 2.80 bits per heavy atom. The van der Waals surface area contributed by atoms with Crippen molar-refractivity contribution >= 4 is 11.6 Å². The van der Waals surface area contributed by atoms with E-state index in [-0.39, 0.29) is 5.82 Å². The van der Waals surface area contributed by atoms with Crippen LogP contribution in [0.2, 0.25) is 5.02 Å². The lowest BCUT2D eigenvalue weighted by molar-refractivity contribution is 0.115. The van der Waals surface area contributed by atoms with E-state index >= 15 is 0 Å². The Kier molecular flexibility index (Phi) is 3.27. The van der Waals surface area contributed by atoms with Crippen molar-refractivity contribution in [2.45, 2.75) is 31.8 Å². The number of hydrogen-bond acceptors (Lipinski definition) is 1. The molecule has 0 heterocycles. The van der Waals surface area contributed by atoms with Gasteiger partial charge in [-0.3, -0.25) is 0 Å². The number of rotatable bonds is 3.